The number of rotatable bonds is 5. The topological polar surface area (TPSA) is 91.9 Å². The molecule has 0 amide bonds. The number of furan rings is 1. The van der Waals surface area contributed by atoms with E-state index >= 15 is 0 Å². The van der Waals surface area contributed by atoms with E-state index in [1.807, 2.05) is 6.92 Å². The Morgan fingerprint density at radius 1 is 1.09 bits per heavy atom. The van der Waals surface area contributed by atoms with Gasteiger partial charge in [-0.2, -0.15) is 0 Å². The molecule has 0 bridgehead atoms. The van der Waals surface area contributed by atoms with E-state index in [-0.39, 0.29) is 10.6 Å². The number of benzene rings is 3. The minimum absolute atomic E-state index is 0.0724. The average molecular weight is 539 g/mol. The van der Waals surface area contributed by atoms with Crippen LogP contribution in [0.2, 0.25) is 0 Å². The number of anilines is 1. The Morgan fingerprint density at radius 3 is 2.62 bits per heavy atom. The largest absolute Gasteiger partial charge is 0.506 e. The van der Waals surface area contributed by atoms with Gasteiger partial charge >= 0.3 is 0 Å². The number of nitrogens with zero attached hydrogens (tertiary/aromatic N) is 1. The lowest BCUT2D eigenvalue weighted by Gasteiger charge is -2.11. The van der Waals surface area contributed by atoms with Crippen molar-refractivity contribution >= 4 is 54.5 Å². The summed E-state index contributed by atoms with van der Waals surface area (Å²) in [6.45, 7) is 1.90. The van der Waals surface area contributed by atoms with E-state index in [2.05, 4.69) is 25.6 Å². The van der Waals surface area contributed by atoms with Crippen LogP contribution in [0, 0.1) is 6.92 Å². The van der Waals surface area contributed by atoms with Crippen LogP contribution in [0.25, 0.3) is 11.0 Å². The first-order chi connectivity index (χ1) is 16.3. The number of para-hydroxylation sites is 2. The summed E-state index contributed by atoms with van der Waals surface area (Å²) in [5.74, 6) is 1.03. The molecule has 0 atom stereocenters. The minimum Gasteiger partial charge on any atom is -0.506 e. The van der Waals surface area contributed by atoms with E-state index in [4.69, 9.17) is 4.42 Å². The highest BCUT2D eigenvalue weighted by Crippen LogP contribution is 2.41. The monoisotopic (exact) mass is 538 g/mol. The van der Waals surface area contributed by atoms with Gasteiger partial charge in [-0.15, -0.1) is 0 Å². The lowest BCUT2D eigenvalue weighted by molar-refractivity contribution is 0.471. The third-order valence-corrected chi connectivity index (χ3v) is 8.01. The molecular weight excluding hydrogens is 516 g/mol. The quantitative estimate of drug-likeness (QED) is 0.278. The second-order valence-electron chi connectivity index (χ2n) is 8.40. The second kappa shape index (κ2) is 8.92. The molecule has 1 aliphatic carbocycles. The van der Waals surface area contributed by atoms with E-state index in [0.29, 0.717) is 27.0 Å². The molecule has 174 valence electrons. The number of halogens is 1. The normalized spacial score (nSPS) is 13.9. The first-order valence-corrected chi connectivity index (χ1v) is 13.3. The molecule has 1 aliphatic rings. The highest BCUT2D eigenvalue weighted by molar-refractivity contribution is 9.10. The van der Waals surface area contributed by atoms with Crippen LogP contribution in [0.1, 0.15) is 35.3 Å². The lowest BCUT2D eigenvalue weighted by atomic mass is 9.94. The molecule has 0 unspecified atom stereocenters. The molecule has 0 saturated carbocycles. The first kappa shape index (κ1) is 22.7. The molecule has 4 aromatic rings. The summed E-state index contributed by atoms with van der Waals surface area (Å²) in [7, 11) is -3.78. The highest BCUT2D eigenvalue weighted by Gasteiger charge is 2.23. The summed E-state index contributed by atoms with van der Waals surface area (Å²) in [6.07, 6.45) is 5.49. The van der Waals surface area contributed by atoms with E-state index in [0.717, 1.165) is 48.0 Å². The Morgan fingerprint density at radius 2 is 1.82 bits per heavy atom. The molecule has 0 saturated heterocycles. The van der Waals surface area contributed by atoms with Gasteiger partial charge in [0.05, 0.1) is 20.7 Å². The maximum Gasteiger partial charge on any atom is 0.261 e. The number of fused-ring (bicyclic) bond motifs is 3. The number of hydrogen-bond donors (Lipinski definition) is 2. The van der Waals surface area contributed by atoms with Crippen molar-refractivity contribution in [3.63, 3.8) is 0 Å². The van der Waals surface area contributed by atoms with Crippen molar-refractivity contribution in [2.24, 2.45) is 4.99 Å². The zero-order valence-corrected chi connectivity index (χ0v) is 20.9. The standard InChI is InChI=1S/C26H23BrN2O4S/c1-16-10-12-17(13-11-16)34(31,32)29-22-8-4-3-7-21(22)28-15-19-25-18-6-2-5-9-23(18)33-24(25)14-20(27)26(19)30/h3-4,7-8,10-15,29-30H,2,5-6,9H2,1H3. The number of nitrogens with one attached hydrogen (secondary N) is 1. The fraction of sp³-hybridized carbons (Fsp3) is 0.192. The predicted octanol–water partition coefficient (Wildman–Crippen LogP) is 6.64. The summed E-state index contributed by atoms with van der Waals surface area (Å²) < 4.78 is 35.1. The third kappa shape index (κ3) is 4.23. The molecule has 0 fully saturated rings. The Hall–Kier alpha value is -3.10. The minimum atomic E-state index is -3.78. The second-order valence-corrected chi connectivity index (χ2v) is 10.9. The maximum atomic E-state index is 12.9. The van der Waals surface area contributed by atoms with Crippen LogP contribution in [-0.4, -0.2) is 19.7 Å². The number of aliphatic imine (C=N–C) groups is 1. The van der Waals surface area contributed by atoms with Crippen LogP contribution in [0.15, 0.2) is 73.4 Å². The van der Waals surface area contributed by atoms with Crippen LogP contribution in [0.3, 0.4) is 0 Å². The molecule has 0 radical (unpaired) electrons. The fourth-order valence-electron chi connectivity index (χ4n) is 4.27. The Kier molecular flexibility index (Phi) is 5.95. The van der Waals surface area contributed by atoms with Crippen molar-refractivity contribution in [1.29, 1.82) is 0 Å². The molecule has 5 rings (SSSR count). The SMILES string of the molecule is Cc1ccc(S(=O)(=O)Nc2ccccc2N=Cc2c(O)c(Br)cc3oc4c(c23)CCCC4)cc1. The molecule has 3 aromatic carbocycles. The first-order valence-electron chi connectivity index (χ1n) is 11.0. The molecule has 2 N–H and O–H groups in total. The van der Waals surface area contributed by atoms with Crippen molar-refractivity contribution in [2.45, 2.75) is 37.5 Å². The summed E-state index contributed by atoms with van der Waals surface area (Å²) >= 11 is 3.41. The van der Waals surface area contributed by atoms with Gasteiger partial charge in [-0.05, 0) is 72.4 Å². The van der Waals surface area contributed by atoms with Gasteiger partial charge < -0.3 is 9.52 Å². The van der Waals surface area contributed by atoms with E-state index in [9.17, 15) is 13.5 Å². The van der Waals surface area contributed by atoms with Gasteiger partial charge in [-0.25, -0.2) is 8.42 Å². The molecule has 6 nitrogen and oxygen atoms in total. The molecular formula is C26H23BrN2O4S. The summed E-state index contributed by atoms with van der Waals surface area (Å²) in [6, 6.07) is 15.3. The molecule has 34 heavy (non-hydrogen) atoms. The lowest BCUT2D eigenvalue weighted by Crippen LogP contribution is -2.13. The van der Waals surface area contributed by atoms with Crippen LogP contribution in [-0.2, 0) is 22.9 Å². The Bertz CT molecular complexity index is 1520. The van der Waals surface area contributed by atoms with E-state index in [1.165, 1.54) is 0 Å². The number of sulfonamides is 1. The van der Waals surface area contributed by atoms with Crippen molar-refractivity contribution in [3.8, 4) is 5.75 Å². The van der Waals surface area contributed by atoms with Crippen molar-refractivity contribution in [2.75, 3.05) is 4.72 Å². The third-order valence-electron chi connectivity index (χ3n) is 6.02. The summed E-state index contributed by atoms with van der Waals surface area (Å²) in [4.78, 5) is 4.75. The smallest absolute Gasteiger partial charge is 0.261 e. The number of hydrogen-bond acceptors (Lipinski definition) is 5. The van der Waals surface area contributed by atoms with Gasteiger partial charge in [0.25, 0.3) is 10.0 Å². The van der Waals surface area contributed by atoms with Gasteiger partial charge in [0, 0.05) is 29.1 Å². The number of phenols is 1. The van der Waals surface area contributed by atoms with Crippen molar-refractivity contribution < 1.29 is 17.9 Å². The highest BCUT2D eigenvalue weighted by atomic mass is 79.9. The van der Waals surface area contributed by atoms with Gasteiger partial charge in [0.2, 0.25) is 0 Å². The Balaban J connectivity index is 1.55. The molecule has 1 heterocycles. The zero-order chi connectivity index (χ0) is 23.9. The molecule has 1 aromatic heterocycles. The Labute approximate surface area is 206 Å². The van der Waals surface area contributed by atoms with Crippen molar-refractivity contribution in [3.05, 3.63) is 81.5 Å². The van der Waals surface area contributed by atoms with Crippen LogP contribution >= 0.6 is 15.9 Å². The number of aromatic hydroxyl groups is 1. The molecule has 0 aliphatic heterocycles. The van der Waals surface area contributed by atoms with Crippen LogP contribution in [0.5, 0.6) is 5.75 Å². The summed E-state index contributed by atoms with van der Waals surface area (Å²) in [5.41, 5.74) is 4.12. The molecule has 8 heteroatoms. The van der Waals surface area contributed by atoms with Crippen molar-refractivity contribution in [1.82, 2.24) is 0 Å². The average Bonchev–Trinajstić information content (AvgIpc) is 3.18. The van der Waals surface area contributed by atoms with Gasteiger partial charge in [0.15, 0.2) is 0 Å². The van der Waals surface area contributed by atoms with E-state index < -0.39 is 10.0 Å². The van der Waals surface area contributed by atoms with Gasteiger partial charge in [-0.3, -0.25) is 9.71 Å². The molecule has 0 spiro atoms. The number of phenolic OH excluding ortho intramolecular Hbond substituents is 1. The van der Waals surface area contributed by atoms with E-state index in [1.54, 1.807) is 60.8 Å². The van der Waals surface area contributed by atoms with Crippen LogP contribution in [0.4, 0.5) is 11.4 Å². The summed E-state index contributed by atoms with van der Waals surface area (Å²) in [5, 5.41) is 11.7. The van der Waals surface area contributed by atoms with Gasteiger partial charge in [0.1, 0.15) is 17.1 Å². The fourth-order valence-corrected chi connectivity index (χ4v) is 5.76. The number of aryl methyl sites for hydroxylation is 3. The zero-order valence-electron chi connectivity index (χ0n) is 18.5. The van der Waals surface area contributed by atoms with Crippen LogP contribution < -0.4 is 4.72 Å². The van der Waals surface area contributed by atoms with Gasteiger partial charge in [-0.1, -0.05) is 29.8 Å². The maximum absolute atomic E-state index is 12.9. The predicted molar refractivity (Wildman–Crippen MR) is 138 cm³/mol.